The monoisotopic (exact) mass is 241 g/mol. The lowest BCUT2D eigenvalue weighted by Crippen LogP contribution is -2.36. The van der Waals surface area contributed by atoms with Crippen molar-refractivity contribution in [2.45, 2.75) is 38.1 Å². The van der Waals surface area contributed by atoms with E-state index in [9.17, 15) is 4.79 Å². The molecule has 0 aliphatic heterocycles. The minimum absolute atomic E-state index is 0.269. The van der Waals surface area contributed by atoms with Crippen LogP contribution < -0.4 is 5.73 Å². The first kappa shape index (κ1) is 14.5. The minimum atomic E-state index is 0.269. The Hall–Kier alpha value is -0.610. The van der Waals surface area contributed by atoms with Gasteiger partial charge in [0.15, 0.2) is 0 Å². The number of amides is 1. The van der Waals surface area contributed by atoms with E-state index in [0.717, 1.165) is 25.9 Å². The van der Waals surface area contributed by atoms with Gasteiger partial charge in [-0.1, -0.05) is 6.42 Å². The summed E-state index contributed by atoms with van der Waals surface area (Å²) in [7, 11) is 5.95. The fraction of sp³-hybridized carbons (Fsp3) is 0.923. The fourth-order valence-corrected chi connectivity index (χ4v) is 2.40. The number of nitrogens with zero attached hydrogens (tertiary/aromatic N) is 2. The molecule has 1 aliphatic rings. The molecule has 1 rings (SSSR count). The third-order valence-electron chi connectivity index (χ3n) is 3.60. The van der Waals surface area contributed by atoms with Crippen molar-refractivity contribution in [3.8, 4) is 0 Å². The van der Waals surface area contributed by atoms with E-state index in [2.05, 4.69) is 4.90 Å². The van der Waals surface area contributed by atoms with Gasteiger partial charge < -0.3 is 15.5 Å². The zero-order valence-electron chi connectivity index (χ0n) is 11.5. The average Bonchev–Trinajstić information content (AvgIpc) is 2.25. The Morgan fingerprint density at radius 3 is 2.53 bits per heavy atom. The molecule has 1 amide bonds. The number of carbonyl (C=O) groups is 1. The maximum Gasteiger partial charge on any atom is 0.222 e. The smallest absolute Gasteiger partial charge is 0.222 e. The lowest BCUT2D eigenvalue weighted by molar-refractivity contribution is -0.131. The molecule has 2 N–H and O–H groups in total. The number of carbonyl (C=O) groups excluding carboxylic acids is 1. The maximum absolute atomic E-state index is 12.0. The van der Waals surface area contributed by atoms with Gasteiger partial charge in [-0.25, -0.2) is 0 Å². The van der Waals surface area contributed by atoms with Crippen LogP contribution in [-0.4, -0.2) is 56.0 Å². The van der Waals surface area contributed by atoms with E-state index >= 15 is 0 Å². The van der Waals surface area contributed by atoms with Crippen molar-refractivity contribution in [2.75, 3.05) is 34.2 Å². The summed E-state index contributed by atoms with van der Waals surface area (Å²) in [5, 5.41) is 0. The summed E-state index contributed by atoms with van der Waals surface area (Å²) >= 11 is 0. The molecule has 0 radical (unpaired) electrons. The molecule has 0 aromatic carbocycles. The highest BCUT2D eigenvalue weighted by atomic mass is 16.2. The van der Waals surface area contributed by atoms with E-state index in [1.54, 1.807) is 0 Å². The summed E-state index contributed by atoms with van der Waals surface area (Å²) in [6.07, 6.45) is 5.17. The summed E-state index contributed by atoms with van der Waals surface area (Å²) in [5.41, 5.74) is 5.94. The standard InChI is InChI=1S/C13H27N3O/c1-15(2)7-8-16(3)13(17)10-11-5-4-6-12(14)9-11/h11-12H,4-10,14H2,1-3H3. The molecule has 4 nitrogen and oxygen atoms in total. The van der Waals surface area contributed by atoms with Gasteiger partial charge in [0.25, 0.3) is 0 Å². The maximum atomic E-state index is 12.0. The van der Waals surface area contributed by atoms with Gasteiger partial charge in [0.1, 0.15) is 0 Å². The summed E-state index contributed by atoms with van der Waals surface area (Å²) in [6, 6.07) is 0.314. The molecule has 1 fully saturated rings. The van der Waals surface area contributed by atoms with E-state index < -0.39 is 0 Å². The fourth-order valence-electron chi connectivity index (χ4n) is 2.40. The highest BCUT2D eigenvalue weighted by molar-refractivity contribution is 5.76. The molecular formula is C13H27N3O. The van der Waals surface area contributed by atoms with E-state index in [1.807, 2.05) is 26.0 Å². The second kappa shape index (κ2) is 6.97. The molecule has 100 valence electrons. The highest BCUT2D eigenvalue weighted by Crippen LogP contribution is 2.26. The van der Waals surface area contributed by atoms with Crippen molar-refractivity contribution < 1.29 is 4.79 Å². The Kier molecular flexibility index (Phi) is 5.92. The Morgan fingerprint density at radius 1 is 1.24 bits per heavy atom. The van der Waals surface area contributed by atoms with Crippen LogP contribution in [0.5, 0.6) is 0 Å². The first-order chi connectivity index (χ1) is 7.99. The summed E-state index contributed by atoms with van der Waals surface area (Å²) in [6.45, 7) is 1.73. The molecule has 4 heteroatoms. The zero-order valence-corrected chi connectivity index (χ0v) is 11.5. The molecule has 0 saturated heterocycles. The molecule has 0 bridgehead atoms. The third-order valence-corrected chi connectivity index (χ3v) is 3.60. The van der Waals surface area contributed by atoms with E-state index in [-0.39, 0.29) is 5.91 Å². The molecule has 0 aromatic heterocycles. The second-order valence-electron chi connectivity index (χ2n) is 5.62. The van der Waals surface area contributed by atoms with Crippen LogP contribution in [0.1, 0.15) is 32.1 Å². The SMILES string of the molecule is CN(C)CCN(C)C(=O)CC1CCCC(N)C1. The van der Waals surface area contributed by atoms with Crippen LogP contribution >= 0.6 is 0 Å². The molecule has 2 unspecified atom stereocenters. The third kappa shape index (κ3) is 5.50. The van der Waals surface area contributed by atoms with Crippen LogP contribution in [0.15, 0.2) is 0 Å². The predicted molar refractivity (Wildman–Crippen MR) is 70.7 cm³/mol. The molecule has 1 saturated carbocycles. The summed E-state index contributed by atoms with van der Waals surface area (Å²) in [5.74, 6) is 0.777. The van der Waals surface area contributed by atoms with Crippen LogP contribution in [0.25, 0.3) is 0 Å². The lowest BCUT2D eigenvalue weighted by Gasteiger charge is -2.28. The van der Waals surface area contributed by atoms with Crippen LogP contribution in [0.4, 0.5) is 0 Å². The van der Waals surface area contributed by atoms with Crippen LogP contribution in [0.2, 0.25) is 0 Å². The number of hydrogen-bond donors (Lipinski definition) is 1. The molecule has 1 aliphatic carbocycles. The van der Waals surface area contributed by atoms with Crippen LogP contribution in [0.3, 0.4) is 0 Å². The topological polar surface area (TPSA) is 49.6 Å². The quantitative estimate of drug-likeness (QED) is 0.778. The largest absolute Gasteiger partial charge is 0.344 e. The number of hydrogen-bond acceptors (Lipinski definition) is 3. The number of rotatable bonds is 5. The van der Waals surface area contributed by atoms with Gasteiger partial charge in [-0.2, -0.15) is 0 Å². The van der Waals surface area contributed by atoms with E-state index in [1.165, 1.54) is 12.8 Å². The van der Waals surface area contributed by atoms with Crippen LogP contribution in [0, 0.1) is 5.92 Å². The van der Waals surface area contributed by atoms with Crippen molar-refractivity contribution in [1.82, 2.24) is 9.80 Å². The molecule has 0 heterocycles. The molecule has 17 heavy (non-hydrogen) atoms. The predicted octanol–water partition coefficient (Wildman–Crippen LogP) is 0.914. The van der Waals surface area contributed by atoms with Crippen molar-refractivity contribution in [3.05, 3.63) is 0 Å². The van der Waals surface area contributed by atoms with Crippen molar-refractivity contribution >= 4 is 5.91 Å². The van der Waals surface area contributed by atoms with Gasteiger partial charge in [0.2, 0.25) is 5.91 Å². The first-order valence-electron chi connectivity index (χ1n) is 6.63. The summed E-state index contributed by atoms with van der Waals surface area (Å²) in [4.78, 5) is 15.9. The average molecular weight is 241 g/mol. The van der Waals surface area contributed by atoms with Crippen molar-refractivity contribution in [2.24, 2.45) is 11.7 Å². The zero-order chi connectivity index (χ0) is 12.8. The number of likely N-dealkylation sites (N-methyl/N-ethyl adjacent to an activating group) is 2. The van der Waals surface area contributed by atoms with Gasteiger partial charge in [-0.3, -0.25) is 4.79 Å². The molecular weight excluding hydrogens is 214 g/mol. The normalized spacial score (nSPS) is 25.0. The lowest BCUT2D eigenvalue weighted by atomic mass is 9.84. The molecule has 2 atom stereocenters. The highest BCUT2D eigenvalue weighted by Gasteiger charge is 2.22. The van der Waals surface area contributed by atoms with Crippen molar-refractivity contribution in [1.29, 1.82) is 0 Å². The van der Waals surface area contributed by atoms with Gasteiger partial charge in [0, 0.05) is 32.6 Å². The Bertz CT molecular complexity index is 243. The second-order valence-corrected chi connectivity index (χ2v) is 5.62. The first-order valence-corrected chi connectivity index (χ1v) is 6.63. The molecule has 0 aromatic rings. The van der Waals surface area contributed by atoms with Crippen LogP contribution in [-0.2, 0) is 4.79 Å². The minimum Gasteiger partial charge on any atom is -0.344 e. The Morgan fingerprint density at radius 2 is 1.94 bits per heavy atom. The van der Waals surface area contributed by atoms with Gasteiger partial charge in [0.05, 0.1) is 0 Å². The van der Waals surface area contributed by atoms with Gasteiger partial charge >= 0.3 is 0 Å². The Labute approximate surface area is 105 Å². The van der Waals surface area contributed by atoms with Crippen molar-refractivity contribution in [3.63, 3.8) is 0 Å². The summed E-state index contributed by atoms with van der Waals surface area (Å²) < 4.78 is 0. The Balaban J connectivity index is 2.27. The van der Waals surface area contributed by atoms with E-state index in [0.29, 0.717) is 18.4 Å². The molecule has 0 spiro atoms. The van der Waals surface area contributed by atoms with E-state index in [4.69, 9.17) is 5.73 Å². The van der Waals surface area contributed by atoms with Gasteiger partial charge in [-0.05, 0) is 39.3 Å². The van der Waals surface area contributed by atoms with Gasteiger partial charge in [-0.15, -0.1) is 0 Å². The number of nitrogens with two attached hydrogens (primary N) is 1.